The van der Waals surface area contributed by atoms with Gasteiger partial charge in [0, 0.05) is 24.9 Å². The van der Waals surface area contributed by atoms with E-state index < -0.39 is 10.0 Å². The molecule has 1 heterocycles. The van der Waals surface area contributed by atoms with Crippen molar-refractivity contribution in [1.82, 2.24) is 4.31 Å². The minimum atomic E-state index is -3.48. The molecule has 0 spiro atoms. The SMILES string of the molecule is COc1cc(C=CC(=O)Nc2ccc(S(=O)(=O)N3CCCC3)cc2)cc(OC)c1OC. The minimum Gasteiger partial charge on any atom is -0.493 e. The van der Waals surface area contributed by atoms with E-state index in [-0.39, 0.29) is 10.8 Å². The molecule has 1 amide bonds. The number of nitrogens with one attached hydrogen (secondary N) is 1. The van der Waals surface area contributed by atoms with Crippen LogP contribution in [0.15, 0.2) is 47.4 Å². The molecule has 0 atom stereocenters. The fraction of sp³-hybridized carbons (Fsp3) is 0.318. The zero-order chi connectivity index (χ0) is 22.4. The summed E-state index contributed by atoms with van der Waals surface area (Å²) in [5.41, 5.74) is 1.19. The van der Waals surface area contributed by atoms with Crippen LogP contribution >= 0.6 is 0 Å². The predicted molar refractivity (Wildman–Crippen MR) is 118 cm³/mol. The van der Waals surface area contributed by atoms with Gasteiger partial charge in [-0.2, -0.15) is 4.31 Å². The Kier molecular flexibility index (Phi) is 7.19. The molecule has 1 N–H and O–H groups in total. The van der Waals surface area contributed by atoms with Crippen LogP contribution in [-0.2, 0) is 14.8 Å². The lowest BCUT2D eigenvalue weighted by Gasteiger charge is -2.15. The number of anilines is 1. The number of hydrogen-bond donors (Lipinski definition) is 1. The Morgan fingerprint density at radius 2 is 1.55 bits per heavy atom. The zero-order valence-electron chi connectivity index (χ0n) is 17.8. The van der Waals surface area contributed by atoms with E-state index in [1.54, 1.807) is 30.3 Å². The molecule has 9 heteroatoms. The van der Waals surface area contributed by atoms with Crippen LogP contribution in [0.4, 0.5) is 5.69 Å². The highest BCUT2D eigenvalue weighted by molar-refractivity contribution is 7.89. The molecule has 1 aliphatic rings. The third-order valence-corrected chi connectivity index (χ3v) is 6.85. The van der Waals surface area contributed by atoms with Gasteiger partial charge in [-0.15, -0.1) is 0 Å². The van der Waals surface area contributed by atoms with Gasteiger partial charge in [-0.25, -0.2) is 8.42 Å². The molecule has 166 valence electrons. The highest BCUT2D eigenvalue weighted by Crippen LogP contribution is 2.38. The average molecular weight is 447 g/mol. The van der Waals surface area contributed by atoms with Crippen molar-refractivity contribution in [2.45, 2.75) is 17.7 Å². The van der Waals surface area contributed by atoms with E-state index in [2.05, 4.69) is 5.32 Å². The summed E-state index contributed by atoms with van der Waals surface area (Å²) in [7, 11) is 1.08. The standard InChI is InChI=1S/C22H26N2O6S/c1-28-19-14-16(15-20(29-2)22(19)30-3)6-11-21(25)23-17-7-9-18(10-8-17)31(26,27)24-12-4-5-13-24/h6-11,14-15H,4-5,12-13H2,1-3H3,(H,23,25). The molecule has 2 aromatic carbocycles. The maximum atomic E-state index is 12.6. The van der Waals surface area contributed by atoms with Crippen LogP contribution in [0.1, 0.15) is 18.4 Å². The third-order valence-electron chi connectivity index (χ3n) is 4.94. The Morgan fingerprint density at radius 1 is 0.968 bits per heavy atom. The van der Waals surface area contributed by atoms with E-state index in [9.17, 15) is 13.2 Å². The summed E-state index contributed by atoms with van der Waals surface area (Å²) >= 11 is 0. The Labute approximate surface area is 182 Å². The monoisotopic (exact) mass is 446 g/mol. The number of sulfonamides is 1. The number of hydrogen-bond acceptors (Lipinski definition) is 6. The molecule has 0 radical (unpaired) electrons. The highest BCUT2D eigenvalue weighted by Gasteiger charge is 2.26. The van der Waals surface area contributed by atoms with Gasteiger partial charge in [0.2, 0.25) is 21.7 Å². The molecule has 3 rings (SSSR count). The molecule has 0 bridgehead atoms. The lowest BCUT2D eigenvalue weighted by molar-refractivity contribution is -0.111. The van der Waals surface area contributed by atoms with Crippen LogP contribution in [-0.4, -0.2) is 53.0 Å². The summed E-state index contributed by atoms with van der Waals surface area (Å²) in [6.07, 6.45) is 4.75. The molecule has 0 saturated carbocycles. The molecule has 8 nitrogen and oxygen atoms in total. The van der Waals surface area contributed by atoms with Crippen molar-refractivity contribution in [3.05, 3.63) is 48.0 Å². The van der Waals surface area contributed by atoms with Gasteiger partial charge < -0.3 is 19.5 Å². The maximum absolute atomic E-state index is 12.6. The fourth-order valence-corrected chi connectivity index (χ4v) is 4.86. The molecule has 31 heavy (non-hydrogen) atoms. The lowest BCUT2D eigenvalue weighted by Crippen LogP contribution is -2.27. The second-order valence-corrected chi connectivity index (χ2v) is 8.85. The Morgan fingerprint density at radius 3 is 2.06 bits per heavy atom. The van der Waals surface area contributed by atoms with Gasteiger partial charge in [-0.3, -0.25) is 4.79 Å². The summed E-state index contributed by atoms with van der Waals surface area (Å²) in [5.74, 6) is 1.08. The van der Waals surface area contributed by atoms with Crippen LogP contribution in [0.25, 0.3) is 6.08 Å². The minimum absolute atomic E-state index is 0.223. The third kappa shape index (κ3) is 5.18. The summed E-state index contributed by atoms with van der Waals surface area (Å²) in [6, 6.07) is 9.62. The van der Waals surface area contributed by atoms with Crippen molar-refractivity contribution in [1.29, 1.82) is 0 Å². The molecular formula is C22H26N2O6S. The van der Waals surface area contributed by atoms with Gasteiger partial charge >= 0.3 is 0 Å². The molecule has 0 unspecified atom stereocenters. The van der Waals surface area contributed by atoms with Crippen molar-refractivity contribution in [3.8, 4) is 17.2 Å². The zero-order valence-corrected chi connectivity index (χ0v) is 18.6. The van der Waals surface area contributed by atoms with Crippen LogP contribution in [0.3, 0.4) is 0 Å². The van der Waals surface area contributed by atoms with Crippen molar-refractivity contribution in [3.63, 3.8) is 0 Å². The number of benzene rings is 2. The highest BCUT2D eigenvalue weighted by atomic mass is 32.2. The van der Waals surface area contributed by atoms with E-state index >= 15 is 0 Å². The van der Waals surface area contributed by atoms with Gasteiger partial charge in [0.15, 0.2) is 11.5 Å². The fourth-order valence-electron chi connectivity index (χ4n) is 3.34. The van der Waals surface area contributed by atoms with Crippen molar-refractivity contribution in [2.75, 3.05) is 39.7 Å². The Bertz CT molecular complexity index is 1030. The summed E-state index contributed by atoms with van der Waals surface area (Å²) in [5, 5.41) is 2.72. The second-order valence-electron chi connectivity index (χ2n) is 6.92. The predicted octanol–water partition coefficient (Wildman–Crippen LogP) is 3.15. The van der Waals surface area contributed by atoms with Crippen LogP contribution in [0.5, 0.6) is 17.2 Å². The largest absolute Gasteiger partial charge is 0.493 e. The van der Waals surface area contributed by atoms with Gasteiger partial charge in [-0.1, -0.05) is 0 Å². The summed E-state index contributed by atoms with van der Waals surface area (Å²) in [6.45, 7) is 1.10. The lowest BCUT2D eigenvalue weighted by atomic mass is 10.1. The van der Waals surface area contributed by atoms with Crippen molar-refractivity contribution in [2.24, 2.45) is 0 Å². The first-order valence-electron chi connectivity index (χ1n) is 9.78. The maximum Gasteiger partial charge on any atom is 0.248 e. The molecule has 0 aliphatic carbocycles. The van der Waals surface area contributed by atoms with E-state index in [1.165, 1.54) is 43.8 Å². The number of ether oxygens (including phenoxy) is 3. The van der Waals surface area contributed by atoms with E-state index in [0.717, 1.165) is 12.8 Å². The number of amides is 1. The number of methoxy groups -OCH3 is 3. The quantitative estimate of drug-likeness (QED) is 0.626. The van der Waals surface area contributed by atoms with Crippen LogP contribution in [0, 0.1) is 0 Å². The van der Waals surface area contributed by atoms with Gasteiger partial charge in [0.05, 0.1) is 26.2 Å². The van der Waals surface area contributed by atoms with Gasteiger partial charge in [0.25, 0.3) is 0 Å². The van der Waals surface area contributed by atoms with Crippen LogP contribution < -0.4 is 19.5 Å². The van der Waals surface area contributed by atoms with E-state index in [0.29, 0.717) is 41.6 Å². The summed E-state index contributed by atoms with van der Waals surface area (Å²) in [4.78, 5) is 12.5. The average Bonchev–Trinajstić information content (AvgIpc) is 3.33. The first kappa shape index (κ1) is 22.6. The molecular weight excluding hydrogens is 420 g/mol. The molecule has 1 fully saturated rings. The first-order valence-corrected chi connectivity index (χ1v) is 11.2. The second kappa shape index (κ2) is 9.84. The van der Waals surface area contributed by atoms with Gasteiger partial charge in [0.1, 0.15) is 0 Å². The van der Waals surface area contributed by atoms with E-state index in [1.807, 2.05) is 0 Å². The van der Waals surface area contributed by atoms with Crippen molar-refractivity contribution < 1.29 is 27.4 Å². The number of nitrogens with zero attached hydrogens (tertiary/aromatic N) is 1. The molecule has 1 saturated heterocycles. The Balaban J connectivity index is 1.69. The Hall–Kier alpha value is -3.04. The molecule has 1 aliphatic heterocycles. The topological polar surface area (TPSA) is 94.2 Å². The molecule has 0 aromatic heterocycles. The normalized spacial score (nSPS) is 14.5. The number of carbonyl (C=O) groups excluding carboxylic acids is 1. The first-order chi connectivity index (χ1) is 14.9. The number of rotatable bonds is 8. The van der Waals surface area contributed by atoms with Crippen molar-refractivity contribution >= 4 is 27.7 Å². The summed E-state index contributed by atoms with van der Waals surface area (Å²) < 4.78 is 42.5. The van der Waals surface area contributed by atoms with Crippen LogP contribution in [0.2, 0.25) is 0 Å². The number of carbonyl (C=O) groups is 1. The van der Waals surface area contributed by atoms with Gasteiger partial charge in [-0.05, 0) is 60.9 Å². The smallest absolute Gasteiger partial charge is 0.248 e. The van der Waals surface area contributed by atoms with E-state index in [4.69, 9.17) is 14.2 Å². The molecule has 2 aromatic rings.